The summed E-state index contributed by atoms with van der Waals surface area (Å²) in [4.78, 5) is 2.54. The summed E-state index contributed by atoms with van der Waals surface area (Å²) >= 11 is 0. The van der Waals surface area contributed by atoms with Gasteiger partial charge in [0.15, 0.2) is 0 Å². The third-order valence-corrected chi connectivity index (χ3v) is 4.84. The molecule has 20 heavy (non-hydrogen) atoms. The number of benzene rings is 1. The summed E-state index contributed by atoms with van der Waals surface area (Å²) in [6.45, 7) is 7.79. The standard InChI is InChI=1S/C18H30N2/c1-4-8-15-11-12-16(19)18(13-15)20(5-2)17-10-7-6-9-14(17)3/h6-7,9-10,15-16,18H,4-5,8,11-13,19H2,1-3H3. The lowest BCUT2D eigenvalue weighted by atomic mass is 9.79. The summed E-state index contributed by atoms with van der Waals surface area (Å²) in [5.74, 6) is 0.864. The Morgan fingerprint density at radius 1 is 1.20 bits per heavy atom. The Labute approximate surface area is 124 Å². The van der Waals surface area contributed by atoms with Gasteiger partial charge in [-0.25, -0.2) is 0 Å². The molecule has 1 aliphatic rings. The molecule has 3 unspecified atom stereocenters. The molecule has 2 rings (SSSR count). The van der Waals surface area contributed by atoms with Crippen molar-refractivity contribution in [2.45, 2.75) is 65.0 Å². The number of hydrogen-bond donors (Lipinski definition) is 1. The van der Waals surface area contributed by atoms with Gasteiger partial charge in [-0.15, -0.1) is 0 Å². The Hall–Kier alpha value is -1.02. The van der Waals surface area contributed by atoms with Crippen molar-refractivity contribution in [3.05, 3.63) is 29.8 Å². The van der Waals surface area contributed by atoms with Crippen LogP contribution in [0.2, 0.25) is 0 Å². The predicted octanol–water partition coefficient (Wildman–Crippen LogP) is 4.12. The number of rotatable bonds is 5. The van der Waals surface area contributed by atoms with Crippen LogP contribution in [-0.4, -0.2) is 18.6 Å². The fourth-order valence-electron chi connectivity index (χ4n) is 3.75. The van der Waals surface area contributed by atoms with Crippen molar-refractivity contribution in [2.24, 2.45) is 11.7 Å². The number of hydrogen-bond acceptors (Lipinski definition) is 2. The van der Waals surface area contributed by atoms with E-state index in [0.29, 0.717) is 12.1 Å². The first-order valence-corrected chi connectivity index (χ1v) is 8.25. The first-order valence-electron chi connectivity index (χ1n) is 8.25. The Bertz CT molecular complexity index is 416. The van der Waals surface area contributed by atoms with Crippen molar-refractivity contribution in [2.75, 3.05) is 11.4 Å². The van der Waals surface area contributed by atoms with Crippen molar-refractivity contribution >= 4 is 5.69 Å². The van der Waals surface area contributed by atoms with Crippen LogP contribution in [0, 0.1) is 12.8 Å². The molecule has 1 aromatic carbocycles. The molecule has 0 amide bonds. The summed E-state index contributed by atoms with van der Waals surface area (Å²) in [5, 5.41) is 0. The van der Waals surface area contributed by atoms with E-state index in [1.165, 1.54) is 43.4 Å². The quantitative estimate of drug-likeness (QED) is 0.875. The minimum absolute atomic E-state index is 0.322. The topological polar surface area (TPSA) is 29.3 Å². The van der Waals surface area contributed by atoms with E-state index in [0.717, 1.165) is 12.5 Å². The second-order valence-electron chi connectivity index (χ2n) is 6.27. The van der Waals surface area contributed by atoms with Gasteiger partial charge in [0.05, 0.1) is 0 Å². The lowest BCUT2D eigenvalue weighted by Gasteiger charge is -2.42. The van der Waals surface area contributed by atoms with Gasteiger partial charge in [-0.3, -0.25) is 0 Å². The molecule has 0 aliphatic heterocycles. The zero-order valence-electron chi connectivity index (χ0n) is 13.3. The summed E-state index contributed by atoms with van der Waals surface area (Å²) in [6, 6.07) is 9.54. The van der Waals surface area contributed by atoms with Gasteiger partial charge in [-0.05, 0) is 50.7 Å². The van der Waals surface area contributed by atoms with Gasteiger partial charge in [0.25, 0.3) is 0 Å². The molecular weight excluding hydrogens is 244 g/mol. The fraction of sp³-hybridized carbons (Fsp3) is 0.667. The van der Waals surface area contributed by atoms with Gasteiger partial charge in [0, 0.05) is 24.3 Å². The second-order valence-corrected chi connectivity index (χ2v) is 6.27. The smallest absolute Gasteiger partial charge is 0.0443 e. The monoisotopic (exact) mass is 274 g/mol. The average molecular weight is 274 g/mol. The van der Waals surface area contributed by atoms with Crippen LogP contribution in [0.15, 0.2) is 24.3 Å². The van der Waals surface area contributed by atoms with E-state index in [-0.39, 0.29) is 0 Å². The minimum atomic E-state index is 0.322. The molecule has 0 radical (unpaired) electrons. The SMILES string of the molecule is CCCC1CCC(N)C(N(CC)c2ccccc2C)C1. The summed E-state index contributed by atoms with van der Waals surface area (Å²) < 4.78 is 0. The second kappa shape index (κ2) is 7.12. The molecule has 0 aromatic heterocycles. The maximum Gasteiger partial charge on any atom is 0.0443 e. The molecule has 1 saturated carbocycles. The highest BCUT2D eigenvalue weighted by Gasteiger charge is 2.32. The molecular formula is C18H30N2. The van der Waals surface area contributed by atoms with Crippen LogP contribution >= 0.6 is 0 Å². The van der Waals surface area contributed by atoms with E-state index in [2.05, 4.69) is 49.9 Å². The maximum atomic E-state index is 6.46. The van der Waals surface area contributed by atoms with E-state index >= 15 is 0 Å². The van der Waals surface area contributed by atoms with E-state index in [1.54, 1.807) is 0 Å². The Kier molecular flexibility index (Phi) is 5.47. The van der Waals surface area contributed by atoms with Crippen LogP contribution in [-0.2, 0) is 0 Å². The van der Waals surface area contributed by atoms with Gasteiger partial charge in [-0.1, -0.05) is 38.0 Å². The third kappa shape index (κ3) is 3.35. The van der Waals surface area contributed by atoms with Gasteiger partial charge >= 0.3 is 0 Å². The molecule has 2 nitrogen and oxygen atoms in total. The highest BCUT2D eigenvalue weighted by molar-refractivity contribution is 5.54. The van der Waals surface area contributed by atoms with Crippen molar-refractivity contribution in [1.29, 1.82) is 0 Å². The lowest BCUT2D eigenvalue weighted by molar-refractivity contribution is 0.266. The van der Waals surface area contributed by atoms with Crippen LogP contribution in [0.4, 0.5) is 5.69 Å². The van der Waals surface area contributed by atoms with Gasteiger partial charge in [0.2, 0.25) is 0 Å². The normalized spacial score (nSPS) is 26.5. The average Bonchev–Trinajstić information content (AvgIpc) is 2.45. The highest BCUT2D eigenvalue weighted by atomic mass is 15.2. The van der Waals surface area contributed by atoms with Crippen LogP contribution in [0.1, 0.15) is 51.5 Å². The zero-order valence-corrected chi connectivity index (χ0v) is 13.3. The summed E-state index contributed by atoms with van der Waals surface area (Å²) in [6.07, 6.45) is 6.41. The highest BCUT2D eigenvalue weighted by Crippen LogP contribution is 2.33. The Morgan fingerprint density at radius 2 is 1.95 bits per heavy atom. The van der Waals surface area contributed by atoms with Crippen LogP contribution < -0.4 is 10.6 Å². The number of nitrogens with two attached hydrogens (primary N) is 1. The minimum Gasteiger partial charge on any atom is -0.367 e. The molecule has 0 heterocycles. The molecule has 1 aromatic rings. The number of aryl methyl sites for hydroxylation is 1. The van der Waals surface area contributed by atoms with Crippen molar-refractivity contribution in [3.63, 3.8) is 0 Å². The molecule has 1 fully saturated rings. The van der Waals surface area contributed by atoms with Gasteiger partial charge in [0.1, 0.15) is 0 Å². The Balaban J connectivity index is 2.19. The molecule has 0 saturated heterocycles. The maximum absolute atomic E-state index is 6.46. The lowest BCUT2D eigenvalue weighted by Crippen LogP contribution is -2.51. The van der Waals surface area contributed by atoms with E-state index in [9.17, 15) is 0 Å². The molecule has 2 N–H and O–H groups in total. The van der Waals surface area contributed by atoms with Crippen molar-refractivity contribution in [3.8, 4) is 0 Å². The molecule has 0 bridgehead atoms. The van der Waals surface area contributed by atoms with Gasteiger partial charge in [-0.2, -0.15) is 0 Å². The number of anilines is 1. The zero-order chi connectivity index (χ0) is 14.5. The molecule has 2 heteroatoms. The molecule has 0 spiro atoms. The van der Waals surface area contributed by atoms with Crippen molar-refractivity contribution in [1.82, 2.24) is 0 Å². The van der Waals surface area contributed by atoms with Crippen molar-refractivity contribution < 1.29 is 0 Å². The van der Waals surface area contributed by atoms with E-state index in [4.69, 9.17) is 5.73 Å². The number of likely N-dealkylation sites (N-methyl/N-ethyl adjacent to an activating group) is 1. The molecule has 112 valence electrons. The first kappa shape index (κ1) is 15.4. The van der Waals surface area contributed by atoms with E-state index in [1.807, 2.05) is 0 Å². The molecule has 3 atom stereocenters. The molecule has 1 aliphatic carbocycles. The van der Waals surface area contributed by atoms with E-state index < -0.39 is 0 Å². The number of nitrogens with zero attached hydrogens (tertiary/aromatic N) is 1. The van der Waals surface area contributed by atoms with Crippen LogP contribution in [0.5, 0.6) is 0 Å². The first-order chi connectivity index (χ1) is 9.67. The summed E-state index contributed by atoms with van der Waals surface area (Å²) in [7, 11) is 0. The van der Waals surface area contributed by atoms with Crippen LogP contribution in [0.3, 0.4) is 0 Å². The number of para-hydroxylation sites is 1. The predicted molar refractivity (Wildman–Crippen MR) is 88.2 cm³/mol. The van der Waals surface area contributed by atoms with Crippen LogP contribution in [0.25, 0.3) is 0 Å². The third-order valence-electron chi connectivity index (χ3n) is 4.84. The fourth-order valence-corrected chi connectivity index (χ4v) is 3.75. The summed E-state index contributed by atoms with van der Waals surface area (Å²) in [5.41, 5.74) is 9.19. The largest absolute Gasteiger partial charge is 0.367 e. The Morgan fingerprint density at radius 3 is 2.60 bits per heavy atom. The van der Waals surface area contributed by atoms with Gasteiger partial charge < -0.3 is 10.6 Å².